The zero-order valence-corrected chi connectivity index (χ0v) is 19.2. The molecule has 0 saturated carbocycles. The van der Waals surface area contributed by atoms with Crippen molar-refractivity contribution in [3.8, 4) is 11.5 Å². The van der Waals surface area contributed by atoms with Gasteiger partial charge in [0, 0.05) is 22.3 Å². The van der Waals surface area contributed by atoms with Gasteiger partial charge in [0.1, 0.15) is 11.5 Å². The van der Waals surface area contributed by atoms with Crippen molar-refractivity contribution in [2.75, 3.05) is 0 Å². The normalized spacial score (nSPS) is 11.3. The van der Waals surface area contributed by atoms with Gasteiger partial charge in [0.05, 0.1) is 0 Å². The molecule has 0 saturated heterocycles. The zero-order chi connectivity index (χ0) is 20.8. The SMILES string of the molecule is CCCCCc1c(O)c(CCCCC)c(CCCCC)c(O)c1CCCCC. The lowest BCUT2D eigenvalue weighted by Gasteiger charge is -2.22. The molecular formula is C26H46O2. The number of unbranched alkanes of at least 4 members (excludes halogenated alkanes) is 8. The molecule has 0 aromatic heterocycles. The summed E-state index contributed by atoms with van der Waals surface area (Å²) in [6.45, 7) is 8.86. The third-order valence-corrected chi connectivity index (χ3v) is 5.99. The molecule has 1 aromatic rings. The molecule has 0 fully saturated rings. The van der Waals surface area contributed by atoms with Gasteiger partial charge < -0.3 is 10.2 Å². The van der Waals surface area contributed by atoms with Crippen LogP contribution in [0, 0.1) is 0 Å². The highest BCUT2D eigenvalue weighted by Crippen LogP contribution is 2.41. The number of hydrogen-bond donors (Lipinski definition) is 2. The summed E-state index contributed by atoms with van der Waals surface area (Å²) in [6.07, 6.45) is 17.4. The van der Waals surface area contributed by atoms with Crippen LogP contribution in [0.5, 0.6) is 11.5 Å². The zero-order valence-electron chi connectivity index (χ0n) is 19.2. The summed E-state index contributed by atoms with van der Waals surface area (Å²) in [5.74, 6) is 1.03. The molecule has 1 rings (SSSR count). The van der Waals surface area contributed by atoms with Crippen molar-refractivity contribution in [3.05, 3.63) is 22.3 Å². The fraction of sp³-hybridized carbons (Fsp3) is 0.769. The fourth-order valence-corrected chi connectivity index (χ4v) is 4.22. The summed E-state index contributed by atoms with van der Waals surface area (Å²) in [7, 11) is 0. The molecule has 0 spiro atoms. The second-order valence-corrected chi connectivity index (χ2v) is 8.44. The quantitative estimate of drug-likeness (QED) is 0.221. The van der Waals surface area contributed by atoms with Gasteiger partial charge in [-0.2, -0.15) is 0 Å². The molecule has 1 aromatic carbocycles. The molecule has 0 aliphatic rings. The van der Waals surface area contributed by atoms with Crippen LogP contribution in [-0.2, 0) is 25.7 Å². The Bertz CT molecular complexity index is 454. The predicted molar refractivity (Wildman–Crippen MR) is 123 cm³/mol. The van der Waals surface area contributed by atoms with Gasteiger partial charge in [-0.05, 0) is 51.4 Å². The van der Waals surface area contributed by atoms with Crippen molar-refractivity contribution in [1.29, 1.82) is 0 Å². The summed E-state index contributed by atoms with van der Waals surface area (Å²) >= 11 is 0. The van der Waals surface area contributed by atoms with Gasteiger partial charge in [-0.1, -0.05) is 79.1 Å². The topological polar surface area (TPSA) is 40.5 Å². The van der Waals surface area contributed by atoms with Crippen LogP contribution in [0.15, 0.2) is 0 Å². The summed E-state index contributed by atoms with van der Waals surface area (Å²) < 4.78 is 0. The maximum atomic E-state index is 11.3. The van der Waals surface area contributed by atoms with Crippen LogP contribution in [0.1, 0.15) is 127 Å². The van der Waals surface area contributed by atoms with Crippen LogP contribution >= 0.6 is 0 Å². The van der Waals surface area contributed by atoms with Crippen molar-refractivity contribution in [2.45, 2.75) is 130 Å². The van der Waals surface area contributed by atoms with Gasteiger partial charge in [-0.25, -0.2) is 0 Å². The Morgan fingerprint density at radius 3 is 0.786 bits per heavy atom. The Morgan fingerprint density at radius 1 is 0.393 bits per heavy atom. The van der Waals surface area contributed by atoms with Crippen molar-refractivity contribution in [3.63, 3.8) is 0 Å². The van der Waals surface area contributed by atoms with Gasteiger partial charge in [0.25, 0.3) is 0 Å². The molecule has 0 unspecified atom stereocenters. The lowest BCUT2D eigenvalue weighted by Crippen LogP contribution is -2.06. The van der Waals surface area contributed by atoms with E-state index in [-0.39, 0.29) is 0 Å². The van der Waals surface area contributed by atoms with E-state index in [4.69, 9.17) is 0 Å². The lowest BCUT2D eigenvalue weighted by molar-refractivity contribution is 0.430. The van der Waals surface area contributed by atoms with Crippen LogP contribution in [0.3, 0.4) is 0 Å². The van der Waals surface area contributed by atoms with Crippen LogP contribution in [0.4, 0.5) is 0 Å². The molecule has 0 aliphatic carbocycles. The first-order valence-electron chi connectivity index (χ1n) is 12.2. The molecule has 2 heteroatoms. The standard InChI is InChI=1S/C26H46O2/c1-5-9-13-17-21-22(18-14-10-6-2)26(28)24(20-16-12-8-4)23(25(21)27)19-15-11-7-3/h27-28H,5-20H2,1-4H3. The average molecular weight is 391 g/mol. The van der Waals surface area contributed by atoms with Gasteiger partial charge in [-0.3, -0.25) is 0 Å². The minimum Gasteiger partial charge on any atom is -0.507 e. The first-order chi connectivity index (χ1) is 13.6. The molecule has 0 bridgehead atoms. The maximum Gasteiger partial charge on any atom is 0.122 e. The second-order valence-electron chi connectivity index (χ2n) is 8.44. The summed E-state index contributed by atoms with van der Waals surface area (Å²) in [5.41, 5.74) is 4.20. The second kappa shape index (κ2) is 14.8. The van der Waals surface area contributed by atoms with Gasteiger partial charge in [-0.15, -0.1) is 0 Å². The molecule has 28 heavy (non-hydrogen) atoms. The Labute approximate surface area is 174 Å². The molecule has 0 heterocycles. The van der Waals surface area contributed by atoms with E-state index in [2.05, 4.69) is 27.7 Å². The lowest BCUT2D eigenvalue weighted by atomic mass is 9.86. The molecule has 2 nitrogen and oxygen atoms in total. The number of hydrogen-bond acceptors (Lipinski definition) is 2. The maximum absolute atomic E-state index is 11.3. The van der Waals surface area contributed by atoms with Crippen molar-refractivity contribution < 1.29 is 10.2 Å². The minimum absolute atomic E-state index is 0.517. The van der Waals surface area contributed by atoms with Crippen LogP contribution in [0.2, 0.25) is 0 Å². The van der Waals surface area contributed by atoms with Gasteiger partial charge in [0.15, 0.2) is 0 Å². The van der Waals surface area contributed by atoms with E-state index in [1.807, 2.05) is 0 Å². The highest BCUT2D eigenvalue weighted by molar-refractivity contribution is 5.58. The highest BCUT2D eigenvalue weighted by Gasteiger charge is 2.22. The molecule has 0 aliphatic heterocycles. The highest BCUT2D eigenvalue weighted by atomic mass is 16.3. The number of rotatable bonds is 16. The number of aromatic hydroxyl groups is 2. The first-order valence-corrected chi connectivity index (χ1v) is 12.2. The van der Waals surface area contributed by atoms with E-state index in [1.54, 1.807) is 0 Å². The fourth-order valence-electron chi connectivity index (χ4n) is 4.22. The van der Waals surface area contributed by atoms with Crippen molar-refractivity contribution >= 4 is 0 Å². The molecule has 0 atom stereocenters. The smallest absolute Gasteiger partial charge is 0.122 e. The molecule has 162 valence electrons. The van der Waals surface area contributed by atoms with Gasteiger partial charge in [0.2, 0.25) is 0 Å². The van der Waals surface area contributed by atoms with E-state index in [0.717, 1.165) is 73.6 Å². The van der Waals surface area contributed by atoms with E-state index in [1.165, 1.54) is 51.4 Å². The van der Waals surface area contributed by atoms with Crippen LogP contribution < -0.4 is 0 Å². The Kier molecular flexibility index (Phi) is 13.1. The van der Waals surface area contributed by atoms with Crippen molar-refractivity contribution in [1.82, 2.24) is 0 Å². The Hall–Kier alpha value is -1.18. The van der Waals surface area contributed by atoms with Crippen LogP contribution in [-0.4, -0.2) is 10.2 Å². The molecule has 0 radical (unpaired) electrons. The Morgan fingerprint density at radius 2 is 0.607 bits per heavy atom. The summed E-state index contributed by atoms with van der Waals surface area (Å²) in [4.78, 5) is 0. The third-order valence-electron chi connectivity index (χ3n) is 5.99. The Balaban J connectivity index is 3.30. The third kappa shape index (κ3) is 7.68. The van der Waals surface area contributed by atoms with E-state index >= 15 is 0 Å². The van der Waals surface area contributed by atoms with Crippen LogP contribution in [0.25, 0.3) is 0 Å². The molecule has 0 amide bonds. The summed E-state index contributed by atoms with van der Waals surface area (Å²) in [6, 6.07) is 0. The van der Waals surface area contributed by atoms with E-state index in [9.17, 15) is 10.2 Å². The number of phenolic OH excluding ortho intramolecular Hbond substituents is 2. The minimum atomic E-state index is 0.517. The average Bonchev–Trinajstić information content (AvgIpc) is 2.69. The molecule has 2 N–H and O–H groups in total. The van der Waals surface area contributed by atoms with Crippen molar-refractivity contribution in [2.24, 2.45) is 0 Å². The number of phenols is 2. The van der Waals surface area contributed by atoms with E-state index < -0.39 is 0 Å². The predicted octanol–water partition coefficient (Wildman–Crippen LogP) is 8.03. The summed E-state index contributed by atoms with van der Waals surface area (Å²) in [5, 5.41) is 22.6. The number of benzene rings is 1. The van der Waals surface area contributed by atoms with Gasteiger partial charge >= 0.3 is 0 Å². The molecular weight excluding hydrogens is 344 g/mol. The monoisotopic (exact) mass is 390 g/mol. The largest absolute Gasteiger partial charge is 0.507 e. The van der Waals surface area contributed by atoms with E-state index in [0.29, 0.717) is 11.5 Å². The first kappa shape index (κ1) is 24.9.